The number of aromatic amines is 5. The average Bonchev–Trinajstić information content (AvgIpc) is 1.74. The number of terminal acetylenes is 4. The van der Waals surface area contributed by atoms with Crippen LogP contribution in [0.3, 0.4) is 0 Å². The summed E-state index contributed by atoms with van der Waals surface area (Å²) in [6, 6.07) is 24.5. The number of amides is 1. The van der Waals surface area contributed by atoms with E-state index in [1.54, 1.807) is 0 Å². The first-order valence-corrected chi connectivity index (χ1v) is 46.4. The van der Waals surface area contributed by atoms with Crippen LogP contribution in [0, 0.1) is 71.0 Å². The van der Waals surface area contributed by atoms with Crippen molar-refractivity contribution in [3.8, 4) is 49.4 Å². The van der Waals surface area contributed by atoms with Crippen molar-refractivity contribution in [2.75, 3.05) is 59.5 Å². The molecule has 25 heteroatoms. The zero-order valence-corrected chi connectivity index (χ0v) is 77.9. The van der Waals surface area contributed by atoms with Crippen LogP contribution in [0.15, 0.2) is 122 Å². The third-order valence-electron chi connectivity index (χ3n) is 28.8. The molecule has 4 aliphatic carbocycles. The van der Waals surface area contributed by atoms with E-state index < -0.39 is 16.8 Å². The summed E-state index contributed by atoms with van der Waals surface area (Å²) in [5.74, 6) is 10.1. The number of nitrogens with two attached hydrogens (primary N) is 1. The van der Waals surface area contributed by atoms with E-state index in [4.69, 9.17) is 50.4 Å². The van der Waals surface area contributed by atoms with Gasteiger partial charge in [-0.05, 0) is 239 Å². The van der Waals surface area contributed by atoms with Crippen LogP contribution in [-0.4, -0.2) is 165 Å². The number of hydrogen-bond acceptors (Lipinski definition) is 18. The second-order valence-electron chi connectivity index (χ2n) is 40.0. The molecule has 9 N–H and O–H groups in total. The number of primary amides is 1. The number of ketones is 4. The minimum Gasteiger partial charge on any atom is -0.481 e. The van der Waals surface area contributed by atoms with Crippen LogP contribution in [0.4, 0.5) is 0 Å². The molecular weight excluding hydrogens is 1670 g/mol. The summed E-state index contributed by atoms with van der Waals surface area (Å²) < 4.78 is 22.2. The number of carboxylic acids is 1. The second kappa shape index (κ2) is 41.3. The zero-order valence-electron chi connectivity index (χ0n) is 77.9. The van der Waals surface area contributed by atoms with E-state index in [2.05, 4.69) is 206 Å². The summed E-state index contributed by atoms with van der Waals surface area (Å²) in [5, 5.41) is 35.6. The van der Waals surface area contributed by atoms with Crippen molar-refractivity contribution in [2.45, 2.75) is 231 Å². The summed E-state index contributed by atoms with van der Waals surface area (Å²) in [6.45, 7) is 22.8. The Labute approximate surface area is 779 Å². The molecule has 8 aliphatic rings. The number of hydrogen-bond donors (Lipinski definition) is 8. The van der Waals surface area contributed by atoms with E-state index in [-0.39, 0.29) is 100 Å². The van der Waals surface area contributed by atoms with Gasteiger partial charge in [-0.2, -0.15) is 5.21 Å². The number of nitrogens with zero attached hydrogens (tertiary/aromatic N) is 7. The first-order valence-electron chi connectivity index (χ1n) is 46.4. The van der Waals surface area contributed by atoms with Crippen LogP contribution in [0.5, 0.6) is 0 Å². The molecular formula is C108H123N13O12. The van der Waals surface area contributed by atoms with Crippen LogP contribution in [0.1, 0.15) is 322 Å². The van der Waals surface area contributed by atoms with Crippen LogP contribution >= 0.6 is 0 Å². The summed E-state index contributed by atoms with van der Waals surface area (Å²) in [5.41, 5.74) is 23.5. The van der Waals surface area contributed by atoms with E-state index in [0.717, 1.165) is 169 Å². The topological polar surface area (TPSA) is 375 Å². The molecule has 5 aromatic heterocycles. The fourth-order valence-corrected chi connectivity index (χ4v) is 19.6. The predicted octanol–water partition coefficient (Wildman–Crippen LogP) is 17.0. The first-order chi connectivity index (χ1) is 63.7. The van der Waals surface area contributed by atoms with Gasteiger partial charge in [0.1, 0.15) is 22.8 Å². The third kappa shape index (κ3) is 22.3. The van der Waals surface area contributed by atoms with Gasteiger partial charge >= 0.3 is 5.97 Å². The lowest BCUT2D eigenvalue weighted by atomic mass is 9.71. The molecule has 0 bridgehead atoms. The van der Waals surface area contributed by atoms with Gasteiger partial charge in [0.15, 0.2) is 29.1 Å². The van der Waals surface area contributed by atoms with Crippen molar-refractivity contribution in [2.24, 2.45) is 27.4 Å². The highest BCUT2D eigenvalue weighted by Crippen LogP contribution is 2.49. The van der Waals surface area contributed by atoms with Gasteiger partial charge in [0, 0.05) is 84.0 Å². The molecule has 4 fully saturated rings. The standard InChI is InChI=1S/C27H30N6O2.C27H31N3O3.C27H30N2O4.C27H32N2O3/c1-4-21-17-28-24(29-21)23(34)15-19-5-6-20(16-22(19)18-7-9-26(2,3)10-8-18)27(11-13-35-14-12-27)25-30-32-33-31-25;1-4-21-17-29-24(30-21)23(31)15-19-5-6-20(27(25(28)32)11-13-33-14-12-27)16-22(19)18-7-9-26(2,3)10-8-18;1-4-21-17-28-24(29-21)23(30)15-19-5-6-20(27(25(31)32)11-13-33-14-12-27)16-22(19)18-7-9-26(2,3)10-8-18;1-4-22-17-28-25(29-22)24(31)15-20-5-6-21(27(18-30)11-13-32-14-12-27)16-23(20)19-7-9-26(2,3)10-8-19/h1,5-7,16-17H,8-15H2,2-3H3,(H,28,29)(H,30,31,32,33);1,5-7,16-17H,8-15H2,2-3H3,(H2,28,32)(H,29,30);1,5-7,16-17H,8-15H2,2-3H3,(H,28,29)(H,31,32);1,5-7,16-17,30H,8-15,18H2,2-3H3,(H,28,29). The Kier molecular flexibility index (Phi) is 29.9. The number of benzene rings is 4. The number of ether oxygens (including phenoxy) is 4. The Morgan fingerprint density at radius 1 is 0.398 bits per heavy atom. The quantitative estimate of drug-likeness (QED) is 0.0206. The van der Waals surface area contributed by atoms with Crippen molar-refractivity contribution in [3.05, 3.63) is 241 Å². The highest BCUT2D eigenvalue weighted by molar-refractivity contribution is 5.98. The van der Waals surface area contributed by atoms with Gasteiger partial charge in [0.05, 0.1) is 47.6 Å². The number of aliphatic hydroxyl groups excluding tert-OH is 1. The number of carbonyl (C=O) groups excluding carboxylic acids is 5. The molecule has 133 heavy (non-hydrogen) atoms. The number of H-pyrrole nitrogens is 5. The largest absolute Gasteiger partial charge is 0.481 e. The number of allylic oxidation sites excluding steroid dienone is 8. The maximum absolute atomic E-state index is 13.1. The molecule has 0 spiro atoms. The average molecular weight is 1800 g/mol. The minimum absolute atomic E-state index is 0.0832. The van der Waals surface area contributed by atoms with Crippen molar-refractivity contribution in [1.29, 1.82) is 0 Å². The van der Waals surface area contributed by atoms with Gasteiger partial charge in [-0.15, -0.1) is 35.9 Å². The number of aliphatic hydroxyl groups is 1. The lowest BCUT2D eigenvalue weighted by molar-refractivity contribution is -0.147. The summed E-state index contributed by atoms with van der Waals surface area (Å²) in [7, 11) is 0. The lowest BCUT2D eigenvalue weighted by Crippen LogP contribution is -2.45. The van der Waals surface area contributed by atoms with Crippen LogP contribution < -0.4 is 5.73 Å². The van der Waals surface area contributed by atoms with Gasteiger partial charge in [-0.1, -0.05) is 181 Å². The van der Waals surface area contributed by atoms with Gasteiger partial charge in [-0.3, -0.25) is 28.8 Å². The zero-order chi connectivity index (χ0) is 94.5. The van der Waals surface area contributed by atoms with E-state index in [9.17, 15) is 39.0 Å². The maximum atomic E-state index is 13.1. The molecule has 9 heterocycles. The SMILES string of the molecule is C#Cc1cnc(C(=O)Cc2ccc(C3(C(=O)O)CCOCC3)cc2C2=CCC(C)(C)CC2)[nH]1.C#Cc1cnc(C(=O)Cc2ccc(C3(C(N)=O)CCOCC3)cc2C2=CCC(C)(C)CC2)[nH]1.C#Cc1cnc(C(=O)Cc2ccc(C3(CO)CCOCC3)cc2C2=CCC(C)(C)CC2)[nH]1.C#Cc1cnc(C(=O)Cc2ccc(C3(c4nn[nH]n4)CCOCC3)cc2C2=CCC(C)(C)CC2)[nH]1. The molecule has 4 aromatic carbocycles. The van der Waals surface area contributed by atoms with Gasteiger partial charge in [0.2, 0.25) is 29.0 Å². The number of nitrogens with one attached hydrogen (secondary N) is 5. The molecule has 0 atom stereocenters. The van der Waals surface area contributed by atoms with Crippen molar-refractivity contribution < 1.29 is 57.9 Å². The molecule has 4 saturated heterocycles. The van der Waals surface area contributed by atoms with E-state index in [1.165, 1.54) is 47.1 Å². The minimum atomic E-state index is -0.966. The fraction of sp³-hybridized carbons (Fsp3) is 0.454. The van der Waals surface area contributed by atoms with Crippen molar-refractivity contribution in [1.82, 2.24) is 60.5 Å². The second-order valence-corrected chi connectivity index (χ2v) is 40.0. The Morgan fingerprint density at radius 2 is 0.692 bits per heavy atom. The summed E-state index contributed by atoms with van der Waals surface area (Å²) >= 11 is 0. The predicted molar refractivity (Wildman–Crippen MR) is 511 cm³/mol. The van der Waals surface area contributed by atoms with Gasteiger partial charge < -0.3 is 54.8 Å². The monoisotopic (exact) mass is 1790 g/mol. The molecule has 692 valence electrons. The Balaban J connectivity index is 0.000000143. The first kappa shape index (κ1) is 96.5. The smallest absolute Gasteiger partial charge is 0.314 e. The Bertz CT molecular complexity index is 5930. The number of aliphatic carboxylic acids is 1. The fourth-order valence-electron chi connectivity index (χ4n) is 19.6. The van der Waals surface area contributed by atoms with Gasteiger partial charge in [-0.25, -0.2) is 19.9 Å². The van der Waals surface area contributed by atoms with Crippen molar-refractivity contribution in [3.63, 3.8) is 0 Å². The molecule has 25 nitrogen and oxygen atoms in total. The molecule has 0 saturated carbocycles. The highest BCUT2D eigenvalue weighted by Gasteiger charge is 2.46. The molecule has 9 aromatic rings. The molecule has 0 radical (unpaired) electrons. The number of rotatable bonds is 24. The number of Topliss-reactive ketones (excluding diaryl/α,β-unsaturated/α-hetero) is 4. The molecule has 1 amide bonds. The molecule has 0 unspecified atom stereocenters. The van der Waals surface area contributed by atoms with Crippen LogP contribution in [0.2, 0.25) is 0 Å². The Morgan fingerprint density at radius 3 is 0.977 bits per heavy atom. The maximum Gasteiger partial charge on any atom is 0.314 e. The van der Waals surface area contributed by atoms with E-state index in [1.807, 2.05) is 30.3 Å². The summed E-state index contributed by atoms with van der Waals surface area (Å²) in [6.07, 6.45) is 54.8. The van der Waals surface area contributed by atoms with E-state index >= 15 is 0 Å². The lowest BCUT2D eigenvalue weighted by Gasteiger charge is -2.37. The third-order valence-corrected chi connectivity index (χ3v) is 28.8. The highest BCUT2D eigenvalue weighted by atomic mass is 16.5. The summed E-state index contributed by atoms with van der Waals surface area (Å²) in [4.78, 5) is 105. The number of carboxylic acid groups (broad SMARTS) is 1. The normalized spacial score (nSPS) is 19.4. The molecule has 4 aliphatic heterocycles. The number of carbonyl (C=O) groups is 6. The molecule has 17 rings (SSSR count). The number of aromatic nitrogens is 12. The number of tetrazole rings is 1. The van der Waals surface area contributed by atoms with E-state index in [0.29, 0.717) is 124 Å². The van der Waals surface area contributed by atoms with Gasteiger partial charge in [0.25, 0.3) is 0 Å². The Hall–Kier alpha value is -12.6. The van der Waals surface area contributed by atoms with Crippen LogP contribution in [0.25, 0.3) is 22.3 Å². The number of imidazole rings is 4. The van der Waals surface area contributed by atoms with Crippen LogP contribution in [-0.2, 0) is 75.9 Å². The van der Waals surface area contributed by atoms with Crippen molar-refractivity contribution >= 4 is 57.3 Å².